The number of aliphatic carboxylic acids is 2. The Morgan fingerprint density at radius 3 is 1.84 bits per heavy atom. The standard InChI is InChI=1S/C14H19NO4/c16-12(17)4-11(13(18)19)15-14-5-8-1-9(6-14)3-10(2-8)7-14/h4,8-10,15H,1-3,5-7H2,(H,16,17)(H,18,19)/b11-4+. The monoisotopic (exact) mass is 265 g/mol. The molecule has 19 heavy (non-hydrogen) atoms. The van der Waals surface area contributed by atoms with Gasteiger partial charge in [0, 0.05) is 5.54 Å². The molecule has 0 unspecified atom stereocenters. The second-order valence-electron chi connectivity index (χ2n) is 6.52. The molecule has 0 saturated heterocycles. The van der Waals surface area contributed by atoms with E-state index in [1.54, 1.807) is 0 Å². The van der Waals surface area contributed by atoms with Gasteiger partial charge in [0.15, 0.2) is 0 Å². The van der Waals surface area contributed by atoms with Crippen LogP contribution < -0.4 is 5.32 Å². The Bertz CT molecular complexity index is 419. The Morgan fingerprint density at radius 1 is 1.00 bits per heavy atom. The number of hydrogen-bond acceptors (Lipinski definition) is 3. The molecule has 3 N–H and O–H groups in total. The number of hydrogen-bond donors (Lipinski definition) is 3. The number of carboxylic acids is 2. The first-order valence-corrected chi connectivity index (χ1v) is 6.92. The topological polar surface area (TPSA) is 86.6 Å². The van der Waals surface area contributed by atoms with Crippen molar-refractivity contribution in [3.05, 3.63) is 11.8 Å². The SMILES string of the molecule is O=C(O)/C=C(/NC12CC3CC(CC(C3)C1)C2)C(=O)O. The van der Waals surface area contributed by atoms with E-state index in [1.807, 2.05) is 0 Å². The van der Waals surface area contributed by atoms with Crippen LogP contribution in [0.15, 0.2) is 11.8 Å². The van der Waals surface area contributed by atoms with E-state index >= 15 is 0 Å². The van der Waals surface area contributed by atoms with Crippen LogP contribution in [0.1, 0.15) is 38.5 Å². The van der Waals surface area contributed by atoms with Crippen molar-refractivity contribution in [1.82, 2.24) is 5.32 Å². The molecule has 4 bridgehead atoms. The number of nitrogens with one attached hydrogen (secondary N) is 1. The maximum atomic E-state index is 11.2. The lowest BCUT2D eigenvalue weighted by Crippen LogP contribution is -2.58. The summed E-state index contributed by atoms with van der Waals surface area (Å²) in [6, 6.07) is 0. The predicted molar refractivity (Wildman–Crippen MR) is 67.4 cm³/mol. The highest BCUT2D eigenvalue weighted by molar-refractivity contribution is 5.94. The lowest BCUT2D eigenvalue weighted by atomic mass is 9.53. The minimum Gasteiger partial charge on any atom is -0.478 e. The van der Waals surface area contributed by atoms with Crippen molar-refractivity contribution in [2.75, 3.05) is 0 Å². The van der Waals surface area contributed by atoms with Gasteiger partial charge in [0.2, 0.25) is 0 Å². The van der Waals surface area contributed by atoms with E-state index in [-0.39, 0.29) is 11.2 Å². The van der Waals surface area contributed by atoms with Crippen LogP contribution in [-0.4, -0.2) is 27.7 Å². The van der Waals surface area contributed by atoms with Crippen LogP contribution >= 0.6 is 0 Å². The van der Waals surface area contributed by atoms with E-state index in [2.05, 4.69) is 5.32 Å². The van der Waals surface area contributed by atoms with Gasteiger partial charge in [0.05, 0.1) is 6.08 Å². The molecule has 5 nitrogen and oxygen atoms in total. The van der Waals surface area contributed by atoms with Crippen LogP contribution in [0.4, 0.5) is 0 Å². The van der Waals surface area contributed by atoms with Gasteiger partial charge in [-0.25, -0.2) is 9.59 Å². The summed E-state index contributed by atoms with van der Waals surface area (Å²) >= 11 is 0. The van der Waals surface area contributed by atoms with E-state index in [4.69, 9.17) is 10.2 Å². The molecule has 0 aromatic heterocycles. The molecule has 0 amide bonds. The molecule has 0 heterocycles. The van der Waals surface area contributed by atoms with Crippen LogP contribution in [0.5, 0.6) is 0 Å². The predicted octanol–water partition coefficient (Wildman–Crippen LogP) is 1.60. The lowest BCUT2D eigenvalue weighted by Gasteiger charge is -2.57. The average Bonchev–Trinajstić information content (AvgIpc) is 2.24. The molecule has 4 fully saturated rings. The molecule has 4 saturated carbocycles. The molecule has 0 atom stereocenters. The normalized spacial score (nSPS) is 40.2. The van der Waals surface area contributed by atoms with Gasteiger partial charge in [-0.2, -0.15) is 0 Å². The zero-order valence-electron chi connectivity index (χ0n) is 10.8. The van der Waals surface area contributed by atoms with Gasteiger partial charge >= 0.3 is 11.9 Å². The fourth-order valence-corrected chi connectivity index (χ4v) is 4.82. The smallest absolute Gasteiger partial charge is 0.352 e. The summed E-state index contributed by atoms with van der Waals surface area (Å²) in [6.07, 6.45) is 7.56. The summed E-state index contributed by atoms with van der Waals surface area (Å²) in [4.78, 5) is 21.9. The minimum absolute atomic E-state index is 0.172. The second kappa shape index (κ2) is 4.25. The van der Waals surface area contributed by atoms with Crippen molar-refractivity contribution in [3.63, 3.8) is 0 Å². The number of rotatable bonds is 4. The highest BCUT2D eigenvalue weighted by Crippen LogP contribution is 2.55. The number of carbonyl (C=O) groups is 2. The highest BCUT2D eigenvalue weighted by Gasteiger charge is 2.51. The zero-order valence-corrected chi connectivity index (χ0v) is 10.8. The van der Waals surface area contributed by atoms with E-state index in [9.17, 15) is 9.59 Å². The highest BCUT2D eigenvalue weighted by atomic mass is 16.4. The van der Waals surface area contributed by atoms with Gasteiger partial charge in [0.1, 0.15) is 5.70 Å². The first-order chi connectivity index (χ1) is 8.96. The van der Waals surface area contributed by atoms with Crippen LogP contribution in [-0.2, 0) is 9.59 Å². The summed E-state index contributed by atoms with van der Waals surface area (Å²) in [5, 5.41) is 21.0. The maximum Gasteiger partial charge on any atom is 0.352 e. The van der Waals surface area contributed by atoms with E-state index in [0.717, 1.165) is 25.3 Å². The van der Waals surface area contributed by atoms with Crippen LogP contribution in [0.25, 0.3) is 0 Å². The van der Waals surface area contributed by atoms with Crippen LogP contribution in [0, 0.1) is 17.8 Å². The van der Waals surface area contributed by atoms with E-state index in [1.165, 1.54) is 19.3 Å². The fourth-order valence-electron chi connectivity index (χ4n) is 4.82. The molecule has 0 spiro atoms. The van der Waals surface area contributed by atoms with Gasteiger partial charge in [-0.15, -0.1) is 0 Å². The molecule has 0 aromatic carbocycles. The van der Waals surface area contributed by atoms with Crippen molar-refractivity contribution in [2.45, 2.75) is 44.1 Å². The van der Waals surface area contributed by atoms with Crippen molar-refractivity contribution < 1.29 is 19.8 Å². The third-order valence-corrected chi connectivity index (χ3v) is 4.94. The Hall–Kier alpha value is -1.52. The third-order valence-electron chi connectivity index (χ3n) is 4.94. The molecular weight excluding hydrogens is 246 g/mol. The van der Waals surface area contributed by atoms with Crippen LogP contribution in [0.2, 0.25) is 0 Å². The average molecular weight is 265 g/mol. The number of carboxylic acid groups (broad SMARTS) is 2. The van der Waals surface area contributed by atoms with E-state index in [0.29, 0.717) is 17.8 Å². The Labute approximate surface area is 111 Å². The van der Waals surface area contributed by atoms with Gasteiger partial charge in [-0.1, -0.05) is 0 Å². The lowest BCUT2D eigenvalue weighted by molar-refractivity contribution is -0.136. The Balaban J connectivity index is 1.82. The summed E-state index contributed by atoms with van der Waals surface area (Å²) < 4.78 is 0. The summed E-state index contributed by atoms with van der Waals surface area (Å²) in [5.41, 5.74) is -0.344. The van der Waals surface area contributed by atoms with Crippen molar-refractivity contribution >= 4 is 11.9 Å². The van der Waals surface area contributed by atoms with Crippen molar-refractivity contribution in [3.8, 4) is 0 Å². The van der Waals surface area contributed by atoms with Crippen molar-refractivity contribution in [1.29, 1.82) is 0 Å². The molecule has 4 aliphatic carbocycles. The Kier molecular flexibility index (Phi) is 2.80. The molecule has 0 aliphatic heterocycles. The summed E-state index contributed by atoms with van der Waals surface area (Å²) in [7, 11) is 0. The quantitative estimate of drug-likeness (QED) is 0.672. The first kappa shape index (κ1) is 12.5. The molecule has 0 radical (unpaired) electrons. The summed E-state index contributed by atoms with van der Waals surface area (Å²) in [6.45, 7) is 0. The summed E-state index contributed by atoms with van der Waals surface area (Å²) in [5.74, 6) is -0.316. The maximum absolute atomic E-state index is 11.2. The molecule has 104 valence electrons. The molecule has 0 aromatic rings. The van der Waals surface area contributed by atoms with Gasteiger partial charge in [-0.05, 0) is 56.3 Å². The second-order valence-corrected chi connectivity index (χ2v) is 6.52. The fraction of sp³-hybridized carbons (Fsp3) is 0.714. The van der Waals surface area contributed by atoms with Gasteiger partial charge in [0.25, 0.3) is 0 Å². The molecule has 4 rings (SSSR count). The Morgan fingerprint density at radius 2 is 1.47 bits per heavy atom. The van der Waals surface area contributed by atoms with Crippen LogP contribution in [0.3, 0.4) is 0 Å². The van der Waals surface area contributed by atoms with Gasteiger partial charge < -0.3 is 15.5 Å². The van der Waals surface area contributed by atoms with E-state index < -0.39 is 11.9 Å². The van der Waals surface area contributed by atoms with Crippen molar-refractivity contribution in [2.24, 2.45) is 17.8 Å². The molecule has 5 heteroatoms. The molecular formula is C14H19NO4. The zero-order chi connectivity index (χ0) is 13.6. The minimum atomic E-state index is -1.21. The third kappa shape index (κ3) is 2.33. The molecule has 4 aliphatic rings. The van der Waals surface area contributed by atoms with Gasteiger partial charge in [-0.3, -0.25) is 0 Å². The first-order valence-electron chi connectivity index (χ1n) is 6.92. The largest absolute Gasteiger partial charge is 0.478 e.